The van der Waals surface area contributed by atoms with Gasteiger partial charge in [0.25, 0.3) is 0 Å². The maximum atomic E-state index is 13.6. The molecule has 2 saturated heterocycles. The van der Waals surface area contributed by atoms with E-state index in [9.17, 15) is 13.2 Å². The Labute approximate surface area is 183 Å². The number of nitrogens with two attached hydrogens (primary N) is 1. The Kier molecular flexibility index (Phi) is 8.23. The molecule has 0 amide bonds. The summed E-state index contributed by atoms with van der Waals surface area (Å²) in [4.78, 5) is 16.8. The molecule has 0 bridgehead atoms. The molecule has 4 N–H and O–H groups in total. The van der Waals surface area contributed by atoms with Crippen LogP contribution in [0.2, 0.25) is 0 Å². The first-order valence-electron chi connectivity index (χ1n) is 9.29. The fourth-order valence-corrected chi connectivity index (χ4v) is 3.33. The van der Waals surface area contributed by atoms with Crippen molar-refractivity contribution in [1.29, 1.82) is 0 Å². The highest BCUT2D eigenvalue weighted by Gasteiger charge is 2.35. The number of anilines is 3. The van der Waals surface area contributed by atoms with E-state index in [-0.39, 0.29) is 35.0 Å². The highest BCUT2D eigenvalue weighted by Crippen LogP contribution is 2.38. The summed E-state index contributed by atoms with van der Waals surface area (Å²) < 4.78 is 51.7. The molecular weight excluding hydrogens is 441 g/mol. The second kappa shape index (κ2) is 10.3. The molecule has 0 unspecified atom stereocenters. The van der Waals surface area contributed by atoms with E-state index in [2.05, 4.69) is 15.0 Å². The maximum Gasteiger partial charge on any atom is 0.417 e. The van der Waals surface area contributed by atoms with Gasteiger partial charge in [-0.1, -0.05) is 0 Å². The third kappa shape index (κ3) is 5.64. The molecule has 172 valence electrons. The summed E-state index contributed by atoms with van der Waals surface area (Å²) in [5.41, 5.74) is 4.67. The fourth-order valence-electron chi connectivity index (χ4n) is 3.33. The van der Waals surface area contributed by atoms with E-state index in [0.29, 0.717) is 64.4 Å². The summed E-state index contributed by atoms with van der Waals surface area (Å²) in [6.45, 7) is 4.43. The summed E-state index contributed by atoms with van der Waals surface area (Å²) in [5, 5.41) is 0. The molecule has 2 aliphatic rings. The van der Waals surface area contributed by atoms with Crippen LogP contribution in [0.15, 0.2) is 18.3 Å². The van der Waals surface area contributed by atoms with Gasteiger partial charge in [0.2, 0.25) is 5.95 Å². The van der Waals surface area contributed by atoms with Gasteiger partial charge in [-0.25, -0.2) is 9.97 Å². The topological polar surface area (TPSA) is 121 Å². The molecule has 9 nitrogen and oxygen atoms in total. The van der Waals surface area contributed by atoms with Gasteiger partial charge in [0.15, 0.2) is 0 Å². The van der Waals surface area contributed by atoms with Gasteiger partial charge in [0.05, 0.1) is 37.7 Å². The van der Waals surface area contributed by atoms with Crippen molar-refractivity contribution < 1.29 is 28.1 Å². The van der Waals surface area contributed by atoms with Gasteiger partial charge >= 0.3 is 6.18 Å². The molecule has 0 spiro atoms. The van der Waals surface area contributed by atoms with Gasteiger partial charge < -0.3 is 30.5 Å². The summed E-state index contributed by atoms with van der Waals surface area (Å²) >= 11 is 0. The molecule has 0 atom stereocenters. The minimum Gasteiger partial charge on any atom is -0.412 e. The molecule has 0 aliphatic carbocycles. The summed E-state index contributed by atoms with van der Waals surface area (Å²) in [6.07, 6.45) is -3.47. The molecule has 2 fully saturated rings. The minimum absolute atomic E-state index is 0. The van der Waals surface area contributed by atoms with Crippen LogP contribution in [-0.4, -0.2) is 73.0 Å². The molecule has 0 saturated carbocycles. The third-order valence-corrected chi connectivity index (χ3v) is 4.84. The van der Waals surface area contributed by atoms with Crippen molar-refractivity contribution in [2.45, 2.75) is 6.18 Å². The molecule has 13 heteroatoms. The number of halogens is 4. The highest BCUT2D eigenvalue weighted by atomic mass is 35.5. The van der Waals surface area contributed by atoms with Crippen molar-refractivity contribution in [3.63, 3.8) is 0 Å². The number of nitrogen functional groups attached to an aromatic ring is 1. The minimum atomic E-state index is -4.59. The Bertz CT molecular complexity index is 841. The third-order valence-electron chi connectivity index (χ3n) is 4.84. The average Bonchev–Trinajstić information content (AvgIpc) is 2.74. The first-order chi connectivity index (χ1) is 13.9. The maximum absolute atomic E-state index is 13.6. The van der Waals surface area contributed by atoms with Gasteiger partial charge in [-0.3, -0.25) is 0 Å². The first kappa shape index (κ1) is 24.9. The normalized spacial score (nSPS) is 17.0. The molecule has 4 heterocycles. The van der Waals surface area contributed by atoms with E-state index < -0.39 is 11.7 Å². The van der Waals surface area contributed by atoms with Crippen molar-refractivity contribution in [2.24, 2.45) is 0 Å². The van der Waals surface area contributed by atoms with E-state index in [1.165, 1.54) is 0 Å². The van der Waals surface area contributed by atoms with E-state index in [0.717, 1.165) is 12.3 Å². The van der Waals surface area contributed by atoms with E-state index >= 15 is 0 Å². The van der Waals surface area contributed by atoms with Crippen LogP contribution >= 0.6 is 12.4 Å². The molecule has 2 aromatic rings. The predicted octanol–water partition coefficient (Wildman–Crippen LogP) is 1.41. The van der Waals surface area contributed by atoms with Crippen molar-refractivity contribution in [3.05, 3.63) is 23.9 Å². The van der Waals surface area contributed by atoms with Crippen LogP contribution in [0.4, 0.5) is 30.8 Å². The Morgan fingerprint density at radius 1 is 0.903 bits per heavy atom. The number of pyridine rings is 1. The quantitative estimate of drug-likeness (QED) is 0.723. The Hall–Kier alpha value is -2.41. The Balaban J connectivity index is 0.00000171. The number of ether oxygens (including phenoxy) is 2. The second-order valence-electron chi connectivity index (χ2n) is 6.76. The number of aromatic nitrogens is 3. The van der Waals surface area contributed by atoms with Crippen LogP contribution in [0, 0.1) is 0 Å². The largest absolute Gasteiger partial charge is 0.417 e. The van der Waals surface area contributed by atoms with Gasteiger partial charge in [0.1, 0.15) is 11.6 Å². The highest BCUT2D eigenvalue weighted by molar-refractivity contribution is 5.85. The predicted molar refractivity (Wildman–Crippen MR) is 112 cm³/mol. The lowest BCUT2D eigenvalue weighted by Gasteiger charge is -2.31. The van der Waals surface area contributed by atoms with Crippen molar-refractivity contribution in [1.82, 2.24) is 15.0 Å². The molecule has 0 aromatic carbocycles. The second-order valence-corrected chi connectivity index (χ2v) is 6.76. The fraction of sp³-hybridized carbons (Fsp3) is 0.500. The zero-order valence-corrected chi connectivity index (χ0v) is 17.4. The first-order valence-corrected chi connectivity index (χ1v) is 9.29. The van der Waals surface area contributed by atoms with Gasteiger partial charge in [-0.15, -0.1) is 12.4 Å². The van der Waals surface area contributed by atoms with E-state index in [1.54, 1.807) is 6.07 Å². The number of hydrogen-bond acceptors (Lipinski definition) is 8. The van der Waals surface area contributed by atoms with Gasteiger partial charge in [0, 0.05) is 44.0 Å². The number of alkyl halides is 3. The summed E-state index contributed by atoms with van der Waals surface area (Å²) in [7, 11) is 0. The molecule has 4 rings (SSSR count). The molecular formula is C18H24ClF3N6O3. The van der Waals surface area contributed by atoms with Crippen LogP contribution < -0.4 is 15.5 Å². The molecule has 0 radical (unpaired) electrons. The number of rotatable bonds is 3. The van der Waals surface area contributed by atoms with Gasteiger partial charge in [-0.05, 0) is 6.07 Å². The lowest BCUT2D eigenvalue weighted by molar-refractivity contribution is -0.137. The zero-order valence-electron chi connectivity index (χ0n) is 16.6. The summed E-state index contributed by atoms with van der Waals surface area (Å²) in [6, 6.07) is 2.40. The number of hydrogen-bond donors (Lipinski definition) is 1. The Morgan fingerprint density at radius 2 is 1.48 bits per heavy atom. The van der Waals surface area contributed by atoms with E-state index in [4.69, 9.17) is 15.2 Å². The standard InChI is InChI=1S/C18H21F3N6O2.ClH.H2O/c19-18(20,21)13-9-15(22)23-11-12(13)14-10-16(26-1-5-28-6-2-26)25-17(24-14)27-3-7-29-8-4-27;;/h9-11H,1-8H2,(H2,22,23);1H;1H2. The number of morpholine rings is 2. The molecule has 2 aromatic heterocycles. The summed E-state index contributed by atoms with van der Waals surface area (Å²) in [5.74, 6) is 0.735. The van der Waals surface area contributed by atoms with Crippen LogP contribution in [-0.2, 0) is 15.7 Å². The molecule has 31 heavy (non-hydrogen) atoms. The smallest absolute Gasteiger partial charge is 0.412 e. The van der Waals surface area contributed by atoms with Gasteiger partial charge in [-0.2, -0.15) is 18.2 Å². The van der Waals surface area contributed by atoms with Crippen molar-refractivity contribution >= 4 is 30.0 Å². The van der Waals surface area contributed by atoms with Crippen LogP contribution in [0.5, 0.6) is 0 Å². The van der Waals surface area contributed by atoms with E-state index in [1.807, 2.05) is 9.80 Å². The number of nitrogens with zero attached hydrogens (tertiary/aromatic N) is 5. The zero-order chi connectivity index (χ0) is 20.4. The van der Waals surface area contributed by atoms with Crippen LogP contribution in [0.25, 0.3) is 11.3 Å². The van der Waals surface area contributed by atoms with Crippen molar-refractivity contribution in [2.75, 3.05) is 68.1 Å². The molecule has 2 aliphatic heterocycles. The lowest BCUT2D eigenvalue weighted by atomic mass is 10.1. The monoisotopic (exact) mass is 464 g/mol. The van der Waals surface area contributed by atoms with Crippen LogP contribution in [0.1, 0.15) is 5.56 Å². The SMILES string of the molecule is Cl.Nc1cc(C(F)(F)F)c(-c2cc(N3CCOCC3)nc(N3CCOCC3)n2)cn1.O. The Morgan fingerprint density at radius 3 is 2.06 bits per heavy atom. The van der Waals surface area contributed by atoms with Crippen molar-refractivity contribution in [3.8, 4) is 11.3 Å². The average molecular weight is 465 g/mol. The lowest BCUT2D eigenvalue weighted by Crippen LogP contribution is -2.39. The van der Waals surface area contributed by atoms with Crippen LogP contribution in [0.3, 0.4) is 0 Å².